The molecule has 6 heteroatoms. The van der Waals surface area contributed by atoms with Gasteiger partial charge in [0.05, 0.1) is 25.0 Å². The maximum Gasteiger partial charge on any atom is 0.292 e. The highest BCUT2D eigenvalue weighted by molar-refractivity contribution is 5.91. The number of rotatable bonds is 4. The van der Waals surface area contributed by atoms with Crippen LogP contribution in [-0.4, -0.2) is 48.4 Å². The maximum atomic E-state index is 12.6. The minimum Gasteiger partial charge on any atom is -0.497 e. The van der Waals surface area contributed by atoms with Crippen molar-refractivity contribution in [2.45, 2.75) is 32.5 Å². The third-order valence-electron chi connectivity index (χ3n) is 4.00. The first kappa shape index (κ1) is 16.5. The summed E-state index contributed by atoms with van der Waals surface area (Å²) in [5.41, 5.74) is 1.77. The van der Waals surface area contributed by atoms with Crippen molar-refractivity contribution in [3.05, 3.63) is 47.3 Å². The van der Waals surface area contributed by atoms with E-state index in [1.54, 1.807) is 18.1 Å². The van der Waals surface area contributed by atoms with Gasteiger partial charge in [-0.3, -0.25) is 4.79 Å². The van der Waals surface area contributed by atoms with Crippen molar-refractivity contribution in [3.63, 3.8) is 0 Å². The van der Waals surface area contributed by atoms with Crippen LogP contribution < -0.4 is 4.74 Å². The molecule has 24 heavy (non-hydrogen) atoms. The predicted molar refractivity (Wildman–Crippen MR) is 88.2 cm³/mol. The lowest BCUT2D eigenvalue weighted by atomic mass is 10.1. The Morgan fingerprint density at radius 1 is 1.29 bits per heavy atom. The first-order chi connectivity index (χ1) is 11.5. The van der Waals surface area contributed by atoms with Crippen LogP contribution in [0.1, 0.15) is 35.7 Å². The van der Waals surface area contributed by atoms with Gasteiger partial charge >= 0.3 is 0 Å². The first-order valence-electron chi connectivity index (χ1n) is 8.08. The van der Waals surface area contributed by atoms with Gasteiger partial charge in [-0.25, -0.2) is 0 Å². The minimum atomic E-state index is -0.138. The topological polar surface area (TPSA) is 64.8 Å². The SMILES string of the molecule is COc1cccc(Cc2cc(C(=O)N3C[C@@H](C)O[C@@H](C)C3)on2)c1. The van der Waals surface area contributed by atoms with Crippen LogP contribution in [-0.2, 0) is 11.2 Å². The molecule has 0 aliphatic carbocycles. The zero-order valence-corrected chi connectivity index (χ0v) is 14.2. The molecule has 1 aliphatic rings. The first-order valence-corrected chi connectivity index (χ1v) is 8.08. The van der Waals surface area contributed by atoms with Gasteiger partial charge in [0.25, 0.3) is 5.91 Å². The van der Waals surface area contributed by atoms with E-state index in [9.17, 15) is 4.79 Å². The fourth-order valence-corrected chi connectivity index (χ4v) is 2.99. The molecule has 0 N–H and O–H groups in total. The van der Waals surface area contributed by atoms with Crippen molar-refractivity contribution in [1.82, 2.24) is 10.1 Å². The van der Waals surface area contributed by atoms with E-state index in [1.165, 1.54) is 0 Å². The largest absolute Gasteiger partial charge is 0.497 e. The molecule has 0 radical (unpaired) electrons. The van der Waals surface area contributed by atoms with E-state index in [0.29, 0.717) is 19.5 Å². The number of benzene rings is 1. The van der Waals surface area contributed by atoms with Gasteiger partial charge in [-0.15, -0.1) is 0 Å². The van der Waals surface area contributed by atoms with E-state index in [0.717, 1.165) is 17.0 Å². The van der Waals surface area contributed by atoms with Gasteiger partial charge in [-0.2, -0.15) is 0 Å². The third kappa shape index (κ3) is 3.76. The number of aromatic nitrogens is 1. The van der Waals surface area contributed by atoms with Crippen LogP contribution in [0.3, 0.4) is 0 Å². The van der Waals surface area contributed by atoms with Gasteiger partial charge in [-0.05, 0) is 31.5 Å². The van der Waals surface area contributed by atoms with Crippen LogP contribution in [0.15, 0.2) is 34.9 Å². The smallest absolute Gasteiger partial charge is 0.292 e. The predicted octanol–water partition coefficient (Wildman–Crippen LogP) is 2.52. The van der Waals surface area contributed by atoms with Crippen LogP contribution in [0.2, 0.25) is 0 Å². The molecule has 0 saturated carbocycles. The summed E-state index contributed by atoms with van der Waals surface area (Å²) in [5.74, 6) is 0.930. The number of nitrogens with zero attached hydrogens (tertiary/aromatic N) is 2. The molecule has 128 valence electrons. The Balaban J connectivity index is 1.69. The molecule has 0 unspecified atom stereocenters. The van der Waals surface area contributed by atoms with E-state index >= 15 is 0 Å². The molecule has 1 aliphatic heterocycles. The quantitative estimate of drug-likeness (QED) is 0.862. The average molecular weight is 330 g/mol. The van der Waals surface area contributed by atoms with Crippen LogP contribution >= 0.6 is 0 Å². The molecule has 2 atom stereocenters. The summed E-state index contributed by atoms with van der Waals surface area (Å²) in [5, 5.41) is 4.03. The summed E-state index contributed by atoms with van der Waals surface area (Å²) >= 11 is 0. The second-order valence-corrected chi connectivity index (χ2v) is 6.18. The highest BCUT2D eigenvalue weighted by Crippen LogP contribution is 2.18. The number of morpholine rings is 1. The number of amides is 1. The summed E-state index contributed by atoms with van der Waals surface area (Å²) in [4.78, 5) is 14.3. The lowest BCUT2D eigenvalue weighted by molar-refractivity contribution is -0.0593. The Morgan fingerprint density at radius 2 is 2.04 bits per heavy atom. The minimum absolute atomic E-state index is 0.0249. The molecule has 0 bridgehead atoms. The fourth-order valence-electron chi connectivity index (χ4n) is 2.99. The molecule has 1 amide bonds. The van der Waals surface area contributed by atoms with E-state index < -0.39 is 0 Å². The van der Waals surface area contributed by atoms with Crippen LogP contribution in [0.4, 0.5) is 0 Å². The maximum absolute atomic E-state index is 12.6. The Bertz CT molecular complexity index is 703. The number of ether oxygens (including phenoxy) is 2. The van der Waals surface area contributed by atoms with Gasteiger partial charge in [0.15, 0.2) is 0 Å². The second kappa shape index (κ2) is 7.05. The van der Waals surface area contributed by atoms with Crippen molar-refractivity contribution in [3.8, 4) is 5.75 Å². The molecule has 6 nitrogen and oxygen atoms in total. The Kier molecular flexibility index (Phi) is 4.85. The van der Waals surface area contributed by atoms with Crippen molar-refractivity contribution in [1.29, 1.82) is 0 Å². The van der Waals surface area contributed by atoms with Gasteiger partial charge in [0.1, 0.15) is 5.75 Å². The lowest BCUT2D eigenvalue weighted by Crippen LogP contribution is -2.48. The van der Waals surface area contributed by atoms with Crippen LogP contribution in [0.25, 0.3) is 0 Å². The monoisotopic (exact) mass is 330 g/mol. The van der Waals surface area contributed by atoms with Gasteiger partial charge in [0, 0.05) is 25.6 Å². The van der Waals surface area contributed by atoms with Crippen LogP contribution in [0, 0.1) is 0 Å². The molecule has 3 rings (SSSR count). The highest BCUT2D eigenvalue weighted by atomic mass is 16.5. The summed E-state index contributed by atoms with van der Waals surface area (Å²) < 4.78 is 16.1. The lowest BCUT2D eigenvalue weighted by Gasteiger charge is -2.34. The molecule has 2 aromatic rings. The summed E-state index contributed by atoms with van der Waals surface area (Å²) in [7, 11) is 1.64. The fraction of sp³-hybridized carbons (Fsp3) is 0.444. The van der Waals surface area contributed by atoms with Crippen LogP contribution in [0.5, 0.6) is 5.75 Å². The molecular formula is C18H22N2O4. The van der Waals surface area contributed by atoms with Crippen molar-refractivity contribution in [2.75, 3.05) is 20.2 Å². The molecule has 0 spiro atoms. The number of hydrogen-bond acceptors (Lipinski definition) is 5. The molecular weight excluding hydrogens is 308 g/mol. The Morgan fingerprint density at radius 3 is 2.75 bits per heavy atom. The van der Waals surface area contributed by atoms with Gasteiger partial charge in [0.2, 0.25) is 5.76 Å². The second-order valence-electron chi connectivity index (χ2n) is 6.18. The Hall–Kier alpha value is -2.34. The Labute approximate surface area is 141 Å². The summed E-state index contributed by atoms with van der Waals surface area (Å²) in [6.45, 7) is 5.05. The van der Waals surface area contributed by atoms with Gasteiger partial charge < -0.3 is 18.9 Å². The molecule has 1 saturated heterocycles. The van der Waals surface area contributed by atoms with Gasteiger partial charge in [-0.1, -0.05) is 17.3 Å². The highest BCUT2D eigenvalue weighted by Gasteiger charge is 2.28. The molecule has 1 aromatic heterocycles. The van der Waals surface area contributed by atoms with Crippen molar-refractivity contribution >= 4 is 5.91 Å². The van der Waals surface area contributed by atoms with Crippen molar-refractivity contribution in [2.24, 2.45) is 0 Å². The third-order valence-corrected chi connectivity index (χ3v) is 4.00. The zero-order valence-electron chi connectivity index (χ0n) is 14.2. The normalized spacial score (nSPS) is 20.9. The molecule has 2 heterocycles. The van der Waals surface area contributed by atoms with E-state index in [4.69, 9.17) is 14.0 Å². The average Bonchev–Trinajstić information content (AvgIpc) is 3.02. The standard InChI is InChI=1S/C18H22N2O4/c1-12-10-20(11-13(2)23-12)18(21)17-9-15(19-24-17)7-14-5-4-6-16(8-14)22-3/h4-6,8-9,12-13H,7,10-11H2,1-3H3/t12-,13+. The number of carbonyl (C=O) groups excluding carboxylic acids is 1. The van der Waals surface area contributed by atoms with Crippen molar-refractivity contribution < 1.29 is 18.8 Å². The number of carbonyl (C=O) groups is 1. The van der Waals surface area contributed by atoms with E-state index in [1.807, 2.05) is 38.1 Å². The zero-order chi connectivity index (χ0) is 17.1. The number of methoxy groups -OCH3 is 1. The number of hydrogen-bond donors (Lipinski definition) is 0. The molecule has 1 fully saturated rings. The summed E-state index contributed by atoms with van der Waals surface area (Å²) in [6, 6.07) is 9.47. The van der Waals surface area contributed by atoms with E-state index in [-0.39, 0.29) is 23.9 Å². The van der Waals surface area contributed by atoms with E-state index in [2.05, 4.69) is 5.16 Å². The summed E-state index contributed by atoms with van der Waals surface area (Å²) in [6.07, 6.45) is 0.637. The molecule has 1 aromatic carbocycles.